The lowest BCUT2D eigenvalue weighted by Gasteiger charge is -2.24. The van der Waals surface area contributed by atoms with Crippen molar-refractivity contribution in [3.05, 3.63) is 5.21 Å². The van der Waals surface area contributed by atoms with Crippen LogP contribution in [0.1, 0.15) is 13.3 Å². The molecule has 0 aliphatic carbocycles. The Morgan fingerprint density at radius 1 is 1.70 bits per heavy atom. The van der Waals surface area contributed by atoms with E-state index in [9.17, 15) is 10.0 Å². The predicted octanol–water partition coefficient (Wildman–Crippen LogP) is 0.894. The van der Waals surface area contributed by atoms with Crippen LogP contribution in [0.15, 0.2) is 0 Å². The van der Waals surface area contributed by atoms with Crippen molar-refractivity contribution in [2.45, 2.75) is 13.3 Å². The summed E-state index contributed by atoms with van der Waals surface area (Å²) in [7, 11) is 1.11. The molecule has 0 aromatic rings. The second kappa shape index (κ2) is 5.01. The molecule has 0 rings (SSSR count). The van der Waals surface area contributed by atoms with Crippen molar-refractivity contribution in [2.75, 3.05) is 13.7 Å². The van der Waals surface area contributed by atoms with E-state index in [2.05, 4.69) is 9.57 Å². The summed E-state index contributed by atoms with van der Waals surface area (Å²) in [6.07, 6.45) is -0.358. The molecule has 60 valence electrons. The summed E-state index contributed by atoms with van der Waals surface area (Å²) in [4.78, 5) is 14.6. The Bertz CT molecular complexity index is 106. The van der Waals surface area contributed by atoms with Crippen LogP contribution >= 0.6 is 0 Å². The van der Waals surface area contributed by atoms with Crippen LogP contribution in [0.2, 0.25) is 0 Å². The van der Waals surface area contributed by atoms with Crippen LogP contribution in [0.4, 0.5) is 4.79 Å². The average Bonchev–Trinajstić information content (AvgIpc) is 1.98. The van der Waals surface area contributed by atoms with Gasteiger partial charge in [-0.2, -0.15) is 0 Å². The van der Waals surface area contributed by atoms with E-state index in [1.54, 1.807) is 0 Å². The molecule has 0 heterocycles. The summed E-state index contributed by atoms with van der Waals surface area (Å²) in [6.45, 7) is 2.05. The third-order valence-electron chi connectivity index (χ3n) is 0.736. The number of carbonyl (C=O) groups excluding carboxylic acids is 1. The van der Waals surface area contributed by atoms with E-state index in [1.807, 2.05) is 6.92 Å². The standard InChI is InChI=1S/C5H10NO4/c1-3-4-10-6(8)5(7)9-2/h3-4H2,1-2H3/q-1. The van der Waals surface area contributed by atoms with Gasteiger partial charge in [0.2, 0.25) is 0 Å². The van der Waals surface area contributed by atoms with Crippen molar-refractivity contribution < 1.29 is 14.4 Å². The number of nitrogens with zero attached hydrogens (tertiary/aromatic N) is 1. The number of methoxy groups -OCH3 is 1. The maximum atomic E-state index is 10.4. The monoisotopic (exact) mass is 148 g/mol. The summed E-state index contributed by atoms with van der Waals surface area (Å²) < 4.78 is 4.06. The number of amides is 1. The van der Waals surface area contributed by atoms with Gasteiger partial charge >= 0.3 is 6.09 Å². The molecule has 0 N–H and O–H groups in total. The molecule has 0 unspecified atom stereocenters. The van der Waals surface area contributed by atoms with Crippen LogP contribution in [-0.2, 0) is 9.57 Å². The topological polar surface area (TPSA) is 61.8 Å². The van der Waals surface area contributed by atoms with E-state index in [-0.39, 0.29) is 11.8 Å². The fraction of sp³-hybridized carbons (Fsp3) is 0.800. The van der Waals surface area contributed by atoms with Crippen molar-refractivity contribution in [3.8, 4) is 0 Å². The van der Waals surface area contributed by atoms with Crippen molar-refractivity contribution in [3.63, 3.8) is 0 Å². The van der Waals surface area contributed by atoms with Crippen LogP contribution in [-0.4, -0.2) is 25.0 Å². The zero-order chi connectivity index (χ0) is 7.98. The number of ether oxygens (including phenoxy) is 1. The van der Waals surface area contributed by atoms with Crippen molar-refractivity contribution >= 4 is 6.09 Å². The highest BCUT2D eigenvalue weighted by Crippen LogP contribution is 1.91. The summed E-state index contributed by atoms with van der Waals surface area (Å²) in [5.74, 6) is 0. The molecule has 0 aromatic heterocycles. The van der Waals surface area contributed by atoms with Crippen LogP contribution in [0.3, 0.4) is 0 Å². The summed E-state index contributed by atoms with van der Waals surface area (Å²) in [6, 6.07) is 0. The van der Waals surface area contributed by atoms with Gasteiger partial charge in [0.25, 0.3) is 0 Å². The largest absolute Gasteiger partial charge is 0.729 e. The molecule has 0 aromatic carbocycles. The first-order chi connectivity index (χ1) is 4.72. The molecule has 10 heavy (non-hydrogen) atoms. The smallest absolute Gasteiger partial charge is 0.423 e. The molecule has 0 bridgehead atoms. The fourth-order valence-corrected chi connectivity index (χ4v) is 0.301. The average molecular weight is 148 g/mol. The normalized spacial score (nSPS) is 9.10. The Morgan fingerprint density at radius 2 is 2.30 bits per heavy atom. The zero-order valence-electron chi connectivity index (χ0n) is 5.99. The van der Waals surface area contributed by atoms with Crippen LogP contribution in [0, 0.1) is 5.21 Å². The minimum Gasteiger partial charge on any atom is -0.729 e. The number of hydroxylamine groups is 2. The molecule has 0 spiro atoms. The first-order valence-electron chi connectivity index (χ1n) is 2.90. The van der Waals surface area contributed by atoms with Gasteiger partial charge in [-0.1, -0.05) is 6.92 Å². The van der Waals surface area contributed by atoms with E-state index in [1.165, 1.54) is 0 Å². The van der Waals surface area contributed by atoms with E-state index in [0.717, 1.165) is 7.11 Å². The fourth-order valence-electron chi connectivity index (χ4n) is 0.301. The lowest BCUT2D eigenvalue weighted by molar-refractivity contribution is -0.0984. The highest BCUT2D eigenvalue weighted by Gasteiger charge is 2.00. The van der Waals surface area contributed by atoms with Gasteiger partial charge in [0.05, 0.1) is 13.7 Å². The molecule has 0 fully saturated rings. The number of rotatable bonds is 3. The molecule has 5 heteroatoms. The van der Waals surface area contributed by atoms with Crippen molar-refractivity contribution in [1.82, 2.24) is 5.23 Å². The van der Waals surface area contributed by atoms with Crippen molar-refractivity contribution in [1.29, 1.82) is 0 Å². The minimum atomic E-state index is -1.03. The maximum absolute atomic E-state index is 10.4. The Balaban J connectivity index is 3.41. The minimum absolute atomic E-state index is 0.177. The van der Waals surface area contributed by atoms with Gasteiger partial charge in [-0.3, -0.25) is 10.1 Å². The predicted molar refractivity (Wildman–Crippen MR) is 33.9 cm³/mol. The Labute approximate surface area is 59.0 Å². The van der Waals surface area contributed by atoms with Gasteiger partial charge in [-0.05, 0) is 6.42 Å². The Kier molecular flexibility index (Phi) is 4.61. The first-order valence-corrected chi connectivity index (χ1v) is 2.90. The second-order valence-electron chi connectivity index (χ2n) is 1.56. The SMILES string of the molecule is CCCON([O-])C(=O)OC. The van der Waals surface area contributed by atoms with Gasteiger partial charge in [0.15, 0.2) is 0 Å². The zero-order valence-corrected chi connectivity index (χ0v) is 5.99. The van der Waals surface area contributed by atoms with E-state index >= 15 is 0 Å². The number of carbonyl (C=O) groups is 1. The lowest BCUT2D eigenvalue weighted by atomic mass is 10.5. The lowest BCUT2D eigenvalue weighted by Crippen LogP contribution is -2.25. The van der Waals surface area contributed by atoms with Gasteiger partial charge in [0.1, 0.15) is 0 Å². The highest BCUT2D eigenvalue weighted by atomic mass is 16.9. The molecule has 0 radical (unpaired) electrons. The van der Waals surface area contributed by atoms with Gasteiger partial charge in [-0.25, -0.2) is 4.79 Å². The molecule has 5 nitrogen and oxygen atoms in total. The highest BCUT2D eigenvalue weighted by molar-refractivity contribution is 5.66. The van der Waals surface area contributed by atoms with Gasteiger partial charge in [-0.15, -0.1) is 0 Å². The molecular formula is C5H10NO4-. The van der Waals surface area contributed by atoms with Crippen LogP contribution < -0.4 is 0 Å². The summed E-state index contributed by atoms with van der Waals surface area (Å²) >= 11 is 0. The molecular weight excluding hydrogens is 138 g/mol. The quantitative estimate of drug-likeness (QED) is 0.557. The van der Waals surface area contributed by atoms with Crippen LogP contribution in [0.5, 0.6) is 0 Å². The van der Waals surface area contributed by atoms with E-state index in [0.29, 0.717) is 6.42 Å². The third-order valence-corrected chi connectivity index (χ3v) is 0.736. The third kappa shape index (κ3) is 3.26. The van der Waals surface area contributed by atoms with Gasteiger partial charge in [0, 0.05) is 0 Å². The molecule has 0 saturated carbocycles. The molecule has 0 aliphatic heterocycles. The second-order valence-corrected chi connectivity index (χ2v) is 1.56. The maximum Gasteiger partial charge on any atom is 0.423 e. The van der Waals surface area contributed by atoms with E-state index in [4.69, 9.17) is 0 Å². The molecule has 0 atom stereocenters. The molecule has 0 aliphatic rings. The van der Waals surface area contributed by atoms with E-state index < -0.39 is 6.09 Å². The van der Waals surface area contributed by atoms with Crippen LogP contribution in [0.25, 0.3) is 0 Å². The first kappa shape index (κ1) is 9.19. The van der Waals surface area contributed by atoms with Crippen molar-refractivity contribution in [2.24, 2.45) is 0 Å². The Morgan fingerprint density at radius 3 is 2.70 bits per heavy atom. The number of hydrogen-bond acceptors (Lipinski definition) is 4. The summed E-state index contributed by atoms with van der Waals surface area (Å²) in [5, 5.41) is 10.2. The summed E-state index contributed by atoms with van der Waals surface area (Å²) in [5.41, 5.74) is 0. The molecule has 1 amide bonds. The molecule has 0 saturated heterocycles. The number of hydrogen-bond donors (Lipinski definition) is 0. The van der Waals surface area contributed by atoms with Gasteiger partial charge < -0.3 is 9.94 Å². The Hall–Kier alpha value is -0.810.